The third-order valence-electron chi connectivity index (χ3n) is 8.99. The van der Waals surface area contributed by atoms with Crippen molar-refractivity contribution in [1.29, 1.82) is 0 Å². The molecule has 0 saturated heterocycles. The number of fused-ring (bicyclic) bond motifs is 2. The average Bonchev–Trinajstić information content (AvgIpc) is 2.88. The number of anilines is 2. The van der Waals surface area contributed by atoms with Crippen LogP contribution in [0.5, 0.6) is 0 Å². The smallest absolute Gasteiger partial charge is 0.0387 e. The molecule has 150 valence electrons. The van der Waals surface area contributed by atoms with Gasteiger partial charge in [0.05, 0.1) is 0 Å². The molecule has 0 saturated carbocycles. The van der Waals surface area contributed by atoms with Gasteiger partial charge >= 0.3 is 0 Å². The van der Waals surface area contributed by atoms with E-state index in [1.165, 1.54) is 33.6 Å². The van der Waals surface area contributed by atoms with Gasteiger partial charge in [-0.3, -0.25) is 0 Å². The molecule has 0 aromatic heterocycles. The van der Waals surface area contributed by atoms with E-state index in [0.717, 1.165) is 0 Å². The standard InChI is InChI=1S/C27H37N/c1-16-17(2)25(4,5)22-12-10-19(14-21(16)22)28-20-11-13-23-24(15-20)27(8,9)18(3)26(23,6)7/h10-18,28H,1-9H3. The van der Waals surface area contributed by atoms with Crippen LogP contribution in [0, 0.1) is 11.8 Å². The Kier molecular flexibility index (Phi) is 4.10. The Morgan fingerprint density at radius 2 is 1.18 bits per heavy atom. The Morgan fingerprint density at radius 1 is 0.643 bits per heavy atom. The van der Waals surface area contributed by atoms with Crippen molar-refractivity contribution < 1.29 is 0 Å². The maximum atomic E-state index is 3.71. The molecule has 0 bridgehead atoms. The molecule has 2 aromatic carbocycles. The molecule has 4 rings (SSSR count). The van der Waals surface area contributed by atoms with Crippen LogP contribution in [0.2, 0.25) is 0 Å². The van der Waals surface area contributed by atoms with Gasteiger partial charge in [-0.05, 0) is 80.5 Å². The van der Waals surface area contributed by atoms with Crippen molar-refractivity contribution in [3.63, 3.8) is 0 Å². The maximum Gasteiger partial charge on any atom is 0.0387 e. The normalized spacial score (nSPS) is 28.7. The first kappa shape index (κ1) is 19.6. The summed E-state index contributed by atoms with van der Waals surface area (Å²) in [6.07, 6.45) is 0. The Bertz CT molecular complexity index is 931. The van der Waals surface area contributed by atoms with E-state index in [1.807, 2.05) is 0 Å². The first-order valence-electron chi connectivity index (χ1n) is 10.9. The van der Waals surface area contributed by atoms with Gasteiger partial charge in [0.2, 0.25) is 0 Å². The lowest BCUT2D eigenvalue weighted by Gasteiger charge is -2.32. The van der Waals surface area contributed by atoms with Crippen LogP contribution in [0.25, 0.3) is 0 Å². The predicted octanol–water partition coefficient (Wildman–Crippen LogP) is 7.67. The number of hydrogen-bond acceptors (Lipinski definition) is 1. The second-order valence-electron chi connectivity index (χ2n) is 11.2. The molecule has 1 nitrogen and oxygen atoms in total. The van der Waals surface area contributed by atoms with E-state index in [2.05, 4.69) is 104 Å². The Morgan fingerprint density at radius 3 is 1.82 bits per heavy atom. The molecule has 0 fully saturated rings. The van der Waals surface area contributed by atoms with E-state index in [-0.39, 0.29) is 16.2 Å². The summed E-state index contributed by atoms with van der Waals surface area (Å²) in [4.78, 5) is 0. The molecular weight excluding hydrogens is 338 g/mol. The van der Waals surface area contributed by atoms with E-state index >= 15 is 0 Å². The zero-order valence-corrected chi connectivity index (χ0v) is 19.2. The molecule has 2 aromatic rings. The summed E-state index contributed by atoms with van der Waals surface area (Å²) < 4.78 is 0. The van der Waals surface area contributed by atoms with Crippen molar-refractivity contribution in [2.24, 2.45) is 11.8 Å². The van der Waals surface area contributed by atoms with Crippen LogP contribution in [-0.4, -0.2) is 0 Å². The van der Waals surface area contributed by atoms with E-state index < -0.39 is 0 Å². The van der Waals surface area contributed by atoms with Crippen molar-refractivity contribution in [2.45, 2.75) is 84.5 Å². The van der Waals surface area contributed by atoms with E-state index in [4.69, 9.17) is 0 Å². The SMILES string of the molecule is CC1c2cc(Nc3ccc4c(c3)C(C)(C)C(C)C4(C)C)ccc2C(C)(C)C1C. The summed E-state index contributed by atoms with van der Waals surface area (Å²) in [5, 5.41) is 3.71. The molecule has 0 radical (unpaired) electrons. The predicted molar refractivity (Wildman–Crippen MR) is 122 cm³/mol. The van der Waals surface area contributed by atoms with Gasteiger partial charge in [0, 0.05) is 11.4 Å². The topological polar surface area (TPSA) is 12.0 Å². The molecule has 1 N–H and O–H groups in total. The number of hydrogen-bond donors (Lipinski definition) is 1. The van der Waals surface area contributed by atoms with Crippen LogP contribution in [0.1, 0.15) is 90.5 Å². The summed E-state index contributed by atoms with van der Waals surface area (Å²) in [7, 11) is 0. The van der Waals surface area contributed by atoms with Gasteiger partial charge < -0.3 is 5.32 Å². The van der Waals surface area contributed by atoms with Gasteiger partial charge in [-0.25, -0.2) is 0 Å². The monoisotopic (exact) mass is 375 g/mol. The van der Waals surface area contributed by atoms with Gasteiger partial charge in [0.15, 0.2) is 0 Å². The molecule has 2 aliphatic rings. The third kappa shape index (κ3) is 2.51. The van der Waals surface area contributed by atoms with Crippen molar-refractivity contribution in [3.8, 4) is 0 Å². The second-order valence-corrected chi connectivity index (χ2v) is 11.2. The lowest BCUT2D eigenvalue weighted by molar-refractivity contribution is 0.264. The summed E-state index contributed by atoms with van der Waals surface area (Å²) in [6, 6.07) is 14.0. The Balaban J connectivity index is 1.69. The van der Waals surface area contributed by atoms with Gasteiger partial charge in [-0.15, -0.1) is 0 Å². The fourth-order valence-corrected chi connectivity index (χ4v) is 6.00. The Labute approximate surface area is 172 Å². The highest BCUT2D eigenvalue weighted by Crippen LogP contribution is 2.54. The van der Waals surface area contributed by atoms with Crippen LogP contribution in [-0.2, 0) is 16.2 Å². The summed E-state index contributed by atoms with van der Waals surface area (Å²) in [5.74, 6) is 1.89. The second kappa shape index (κ2) is 5.88. The lowest BCUT2D eigenvalue weighted by Crippen LogP contribution is -2.30. The first-order valence-corrected chi connectivity index (χ1v) is 10.9. The minimum absolute atomic E-state index is 0.197. The van der Waals surface area contributed by atoms with Crippen molar-refractivity contribution in [3.05, 3.63) is 58.7 Å². The highest BCUT2D eigenvalue weighted by molar-refractivity contribution is 5.65. The van der Waals surface area contributed by atoms with E-state index in [1.54, 1.807) is 0 Å². The van der Waals surface area contributed by atoms with Crippen molar-refractivity contribution >= 4 is 11.4 Å². The highest BCUT2D eigenvalue weighted by atomic mass is 14.9. The van der Waals surface area contributed by atoms with Gasteiger partial charge in [-0.1, -0.05) is 74.4 Å². The molecule has 0 amide bonds. The zero-order chi connectivity index (χ0) is 20.6. The average molecular weight is 376 g/mol. The number of benzene rings is 2. The fourth-order valence-electron chi connectivity index (χ4n) is 6.00. The number of rotatable bonds is 2. The Hall–Kier alpha value is -1.76. The quantitative estimate of drug-likeness (QED) is 0.568. The summed E-state index contributed by atoms with van der Waals surface area (Å²) in [5.41, 5.74) is 9.13. The molecule has 1 heteroatoms. The molecule has 0 aliphatic heterocycles. The van der Waals surface area contributed by atoms with Crippen LogP contribution < -0.4 is 5.32 Å². The molecule has 2 aliphatic carbocycles. The minimum Gasteiger partial charge on any atom is -0.356 e. The molecule has 0 heterocycles. The summed E-state index contributed by atoms with van der Waals surface area (Å²) in [6.45, 7) is 21.5. The fraction of sp³-hybridized carbons (Fsp3) is 0.556. The van der Waals surface area contributed by atoms with Crippen LogP contribution >= 0.6 is 0 Å². The summed E-state index contributed by atoms with van der Waals surface area (Å²) >= 11 is 0. The van der Waals surface area contributed by atoms with Crippen LogP contribution in [0.4, 0.5) is 11.4 Å². The zero-order valence-electron chi connectivity index (χ0n) is 19.2. The van der Waals surface area contributed by atoms with Gasteiger partial charge in [0.25, 0.3) is 0 Å². The van der Waals surface area contributed by atoms with E-state index in [9.17, 15) is 0 Å². The van der Waals surface area contributed by atoms with Crippen LogP contribution in [0.15, 0.2) is 36.4 Å². The third-order valence-corrected chi connectivity index (χ3v) is 8.99. The highest BCUT2D eigenvalue weighted by Gasteiger charge is 2.48. The van der Waals surface area contributed by atoms with Crippen LogP contribution in [0.3, 0.4) is 0 Å². The molecular formula is C27H37N. The minimum atomic E-state index is 0.197. The molecule has 0 spiro atoms. The lowest BCUT2D eigenvalue weighted by atomic mass is 9.71. The van der Waals surface area contributed by atoms with E-state index in [0.29, 0.717) is 17.8 Å². The van der Waals surface area contributed by atoms with Gasteiger partial charge in [-0.2, -0.15) is 0 Å². The van der Waals surface area contributed by atoms with Gasteiger partial charge in [0.1, 0.15) is 0 Å². The molecule has 3 unspecified atom stereocenters. The first-order chi connectivity index (χ1) is 12.9. The molecule has 3 atom stereocenters. The maximum absolute atomic E-state index is 3.71. The largest absolute Gasteiger partial charge is 0.356 e. The number of nitrogens with one attached hydrogen (secondary N) is 1. The van der Waals surface area contributed by atoms with Crippen molar-refractivity contribution in [1.82, 2.24) is 0 Å². The molecule has 28 heavy (non-hydrogen) atoms. The van der Waals surface area contributed by atoms with Crippen molar-refractivity contribution in [2.75, 3.05) is 5.32 Å².